The summed E-state index contributed by atoms with van der Waals surface area (Å²) in [7, 11) is 0. The minimum Gasteiger partial charge on any atom is -0.481 e. The highest BCUT2D eigenvalue weighted by atomic mass is 16.5. The molecule has 2 atom stereocenters. The second kappa shape index (κ2) is 11.9. The predicted molar refractivity (Wildman–Crippen MR) is 135 cm³/mol. The smallest absolute Gasteiger partial charge is 0.407 e. The van der Waals surface area contributed by atoms with Crippen molar-refractivity contribution in [2.24, 2.45) is 17.8 Å². The molecule has 2 aromatic carbocycles. The molecule has 0 aromatic heterocycles. The predicted octanol–water partition coefficient (Wildman–Crippen LogP) is 4.80. The molecule has 0 aliphatic heterocycles. The topological polar surface area (TPSA) is 105 Å². The van der Waals surface area contributed by atoms with E-state index in [-0.39, 0.29) is 25.0 Å². The lowest BCUT2D eigenvalue weighted by molar-refractivity contribution is -0.143. The third kappa shape index (κ3) is 6.62. The SMILES string of the molecule is CC(C)CCC(NC(=O)OCC1c2ccccc2-c2ccccc21)C(=O)NCC(C(=O)O)C(C)C. The molecule has 1 aliphatic carbocycles. The molecule has 0 spiro atoms. The molecule has 0 saturated carbocycles. The van der Waals surface area contributed by atoms with Gasteiger partial charge in [0.2, 0.25) is 5.91 Å². The number of hydrogen-bond donors (Lipinski definition) is 3. The van der Waals surface area contributed by atoms with E-state index in [0.717, 1.165) is 28.7 Å². The molecular formula is C28H36N2O5. The van der Waals surface area contributed by atoms with Gasteiger partial charge in [0.15, 0.2) is 0 Å². The first-order valence-corrected chi connectivity index (χ1v) is 12.3. The minimum absolute atomic E-state index is 0.0103. The van der Waals surface area contributed by atoms with Crippen LogP contribution in [0.25, 0.3) is 11.1 Å². The number of carboxylic acid groups (broad SMARTS) is 1. The number of alkyl carbamates (subject to hydrolysis) is 1. The van der Waals surface area contributed by atoms with E-state index in [1.807, 2.05) is 50.2 Å². The summed E-state index contributed by atoms with van der Waals surface area (Å²) in [5.74, 6) is -1.90. The summed E-state index contributed by atoms with van der Waals surface area (Å²) in [5, 5.41) is 14.8. The number of carboxylic acids is 1. The Kier molecular flexibility index (Phi) is 8.90. The summed E-state index contributed by atoms with van der Waals surface area (Å²) in [5.41, 5.74) is 4.52. The lowest BCUT2D eigenvalue weighted by Crippen LogP contribution is -2.49. The van der Waals surface area contributed by atoms with Crippen LogP contribution in [0.1, 0.15) is 57.6 Å². The quantitative estimate of drug-likeness (QED) is 0.428. The molecule has 0 heterocycles. The maximum atomic E-state index is 12.9. The number of carbonyl (C=O) groups excluding carboxylic acids is 2. The Balaban J connectivity index is 1.64. The molecule has 3 rings (SSSR count). The summed E-state index contributed by atoms with van der Waals surface area (Å²) in [4.78, 5) is 37.0. The average molecular weight is 481 g/mol. The van der Waals surface area contributed by atoms with Crippen molar-refractivity contribution in [2.75, 3.05) is 13.2 Å². The molecule has 2 unspecified atom stereocenters. The second-order valence-corrected chi connectivity index (χ2v) is 9.93. The van der Waals surface area contributed by atoms with Crippen LogP contribution in [-0.4, -0.2) is 42.3 Å². The average Bonchev–Trinajstić information content (AvgIpc) is 3.13. The first-order chi connectivity index (χ1) is 16.7. The van der Waals surface area contributed by atoms with E-state index in [0.29, 0.717) is 12.3 Å². The Morgan fingerprint density at radius 1 is 0.914 bits per heavy atom. The number of benzene rings is 2. The Bertz CT molecular complexity index is 1000. The highest BCUT2D eigenvalue weighted by Crippen LogP contribution is 2.44. The number of ether oxygens (including phenoxy) is 1. The van der Waals surface area contributed by atoms with E-state index < -0.39 is 29.9 Å². The van der Waals surface area contributed by atoms with Gasteiger partial charge in [-0.05, 0) is 46.9 Å². The molecule has 0 saturated heterocycles. The molecule has 35 heavy (non-hydrogen) atoms. The summed E-state index contributed by atoms with van der Waals surface area (Å²) >= 11 is 0. The van der Waals surface area contributed by atoms with Gasteiger partial charge in [0.25, 0.3) is 0 Å². The van der Waals surface area contributed by atoms with Crippen LogP contribution in [0.3, 0.4) is 0 Å². The Morgan fingerprint density at radius 3 is 2.00 bits per heavy atom. The molecule has 0 bridgehead atoms. The zero-order valence-electron chi connectivity index (χ0n) is 20.9. The van der Waals surface area contributed by atoms with Gasteiger partial charge < -0.3 is 20.5 Å². The van der Waals surface area contributed by atoms with E-state index >= 15 is 0 Å². The van der Waals surface area contributed by atoms with E-state index in [1.165, 1.54) is 0 Å². The minimum atomic E-state index is -0.955. The number of carbonyl (C=O) groups is 3. The Labute approximate surface area is 207 Å². The van der Waals surface area contributed by atoms with Gasteiger partial charge in [0, 0.05) is 12.5 Å². The lowest BCUT2D eigenvalue weighted by Gasteiger charge is -2.22. The zero-order chi connectivity index (χ0) is 25.5. The van der Waals surface area contributed by atoms with Crippen molar-refractivity contribution in [3.8, 4) is 11.1 Å². The number of fused-ring (bicyclic) bond motifs is 3. The zero-order valence-corrected chi connectivity index (χ0v) is 20.9. The van der Waals surface area contributed by atoms with Crippen molar-refractivity contribution in [2.45, 2.75) is 52.5 Å². The first kappa shape index (κ1) is 26.3. The number of aliphatic carboxylic acids is 1. The van der Waals surface area contributed by atoms with Crippen molar-refractivity contribution in [1.82, 2.24) is 10.6 Å². The highest BCUT2D eigenvalue weighted by molar-refractivity contribution is 5.86. The van der Waals surface area contributed by atoms with Crippen molar-refractivity contribution in [1.29, 1.82) is 0 Å². The largest absolute Gasteiger partial charge is 0.481 e. The van der Waals surface area contributed by atoms with Gasteiger partial charge in [-0.1, -0.05) is 76.2 Å². The summed E-state index contributed by atoms with van der Waals surface area (Å²) < 4.78 is 5.61. The molecule has 1 aliphatic rings. The molecular weight excluding hydrogens is 444 g/mol. The van der Waals surface area contributed by atoms with Gasteiger partial charge in [0.1, 0.15) is 12.6 Å². The first-order valence-electron chi connectivity index (χ1n) is 12.3. The lowest BCUT2D eigenvalue weighted by atomic mass is 9.95. The van der Waals surface area contributed by atoms with Crippen LogP contribution in [-0.2, 0) is 14.3 Å². The van der Waals surface area contributed by atoms with Crippen molar-refractivity contribution in [3.05, 3.63) is 59.7 Å². The molecule has 2 aromatic rings. The van der Waals surface area contributed by atoms with Gasteiger partial charge >= 0.3 is 12.1 Å². The summed E-state index contributed by atoms with van der Waals surface area (Å²) in [6.45, 7) is 7.86. The van der Waals surface area contributed by atoms with Gasteiger partial charge in [-0.2, -0.15) is 0 Å². The van der Waals surface area contributed by atoms with Gasteiger partial charge in [-0.3, -0.25) is 9.59 Å². The van der Waals surface area contributed by atoms with Crippen molar-refractivity contribution >= 4 is 18.0 Å². The molecule has 3 N–H and O–H groups in total. The molecule has 2 amide bonds. The van der Waals surface area contributed by atoms with E-state index in [9.17, 15) is 19.5 Å². The fourth-order valence-electron chi connectivity index (χ4n) is 4.49. The fourth-order valence-corrected chi connectivity index (χ4v) is 4.49. The second-order valence-electron chi connectivity index (χ2n) is 9.93. The van der Waals surface area contributed by atoms with Crippen LogP contribution >= 0.6 is 0 Å². The Hall–Kier alpha value is -3.35. The van der Waals surface area contributed by atoms with E-state index in [2.05, 4.69) is 22.8 Å². The number of nitrogens with one attached hydrogen (secondary N) is 2. The monoisotopic (exact) mass is 480 g/mol. The van der Waals surface area contributed by atoms with Crippen LogP contribution < -0.4 is 10.6 Å². The molecule has 0 radical (unpaired) electrons. The number of amides is 2. The maximum Gasteiger partial charge on any atom is 0.407 e. The third-order valence-corrected chi connectivity index (χ3v) is 6.60. The van der Waals surface area contributed by atoms with E-state index in [1.54, 1.807) is 13.8 Å². The van der Waals surface area contributed by atoms with Crippen LogP contribution in [0.5, 0.6) is 0 Å². The van der Waals surface area contributed by atoms with E-state index in [4.69, 9.17) is 4.74 Å². The molecule has 0 fully saturated rings. The Morgan fingerprint density at radius 2 is 1.49 bits per heavy atom. The fraction of sp³-hybridized carbons (Fsp3) is 0.464. The van der Waals surface area contributed by atoms with Gasteiger partial charge in [0.05, 0.1) is 5.92 Å². The summed E-state index contributed by atoms with van der Waals surface area (Å²) in [6, 6.07) is 15.4. The normalized spacial score (nSPS) is 14.2. The molecule has 7 heteroatoms. The highest BCUT2D eigenvalue weighted by Gasteiger charge is 2.30. The van der Waals surface area contributed by atoms with Gasteiger partial charge in [-0.25, -0.2) is 4.79 Å². The van der Waals surface area contributed by atoms with Crippen LogP contribution in [0.15, 0.2) is 48.5 Å². The molecule has 188 valence electrons. The van der Waals surface area contributed by atoms with Crippen LogP contribution in [0.4, 0.5) is 4.79 Å². The standard InChI is InChI=1S/C28H36N2O5/c1-17(2)13-14-25(26(31)29-15-23(18(3)4)27(32)33)30-28(34)35-16-24-21-11-7-5-9-19(21)20-10-6-8-12-22(20)24/h5-12,17-18,23-25H,13-16H2,1-4H3,(H,29,31)(H,30,34)(H,32,33). The number of rotatable bonds is 11. The maximum absolute atomic E-state index is 12.9. The van der Waals surface area contributed by atoms with Crippen LogP contribution in [0, 0.1) is 17.8 Å². The van der Waals surface area contributed by atoms with Crippen molar-refractivity contribution in [3.63, 3.8) is 0 Å². The summed E-state index contributed by atoms with van der Waals surface area (Å²) in [6.07, 6.45) is 0.510. The van der Waals surface area contributed by atoms with Crippen LogP contribution in [0.2, 0.25) is 0 Å². The van der Waals surface area contributed by atoms with Gasteiger partial charge in [-0.15, -0.1) is 0 Å². The van der Waals surface area contributed by atoms with Crippen molar-refractivity contribution < 1.29 is 24.2 Å². The number of hydrogen-bond acceptors (Lipinski definition) is 4. The third-order valence-electron chi connectivity index (χ3n) is 6.60. The molecule has 7 nitrogen and oxygen atoms in total.